The van der Waals surface area contributed by atoms with E-state index >= 15 is 0 Å². The van der Waals surface area contributed by atoms with Crippen molar-refractivity contribution in [3.05, 3.63) is 52.4 Å². The third-order valence-electron chi connectivity index (χ3n) is 3.99. The van der Waals surface area contributed by atoms with Gasteiger partial charge in [-0.3, -0.25) is 14.3 Å². The first-order valence-electron chi connectivity index (χ1n) is 8.90. The van der Waals surface area contributed by atoms with E-state index in [4.69, 9.17) is 5.73 Å². The van der Waals surface area contributed by atoms with Crippen LogP contribution in [0.25, 0.3) is 0 Å². The fourth-order valence-corrected chi connectivity index (χ4v) is 3.23. The summed E-state index contributed by atoms with van der Waals surface area (Å²) >= 11 is 1.03. The number of anilines is 3. The summed E-state index contributed by atoms with van der Waals surface area (Å²) in [5.41, 5.74) is 6.14. The van der Waals surface area contributed by atoms with Gasteiger partial charge < -0.3 is 16.4 Å². The Morgan fingerprint density at radius 3 is 2.69 bits per heavy atom. The minimum atomic E-state index is -0.693. The maximum absolute atomic E-state index is 14.4. The molecule has 4 N–H and O–H groups in total. The fourth-order valence-electron chi connectivity index (χ4n) is 2.65. The number of hydrogen-bond acceptors (Lipinski definition) is 6. The molecule has 3 aromatic rings. The Labute approximate surface area is 170 Å². The van der Waals surface area contributed by atoms with Gasteiger partial charge >= 0.3 is 0 Å². The zero-order valence-electron chi connectivity index (χ0n) is 16.2. The molecule has 0 atom stereocenters. The molecule has 0 unspecified atom stereocenters. The van der Waals surface area contributed by atoms with E-state index in [2.05, 4.69) is 34.6 Å². The van der Waals surface area contributed by atoms with Crippen molar-refractivity contribution in [2.45, 2.75) is 27.3 Å². The largest absolute Gasteiger partial charge is 0.375 e. The van der Waals surface area contributed by atoms with Gasteiger partial charge in [0.05, 0.1) is 11.8 Å². The first-order valence-corrected chi connectivity index (χ1v) is 9.72. The van der Waals surface area contributed by atoms with Gasteiger partial charge in [0.25, 0.3) is 11.8 Å². The number of aryl methyl sites for hydroxylation is 1. The van der Waals surface area contributed by atoms with E-state index in [1.165, 1.54) is 18.3 Å². The number of rotatable bonds is 6. The van der Waals surface area contributed by atoms with Crippen molar-refractivity contribution in [2.24, 2.45) is 5.92 Å². The SMILES string of the molecule is Cc1cc(F)c(C(=O)Nc2ccn(CC(C)C)n2)cc1NC(=O)c1cnc(N)s1. The lowest BCUT2D eigenvalue weighted by Crippen LogP contribution is -2.17. The summed E-state index contributed by atoms with van der Waals surface area (Å²) in [6.45, 7) is 6.44. The predicted molar refractivity (Wildman–Crippen MR) is 111 cm³/mol. The van der Waals surface area contributed by atoms with Crippen LogP contribution in [0.3, 0.4) is 0 Å². The summed E-state index contributed by atoms with van der Waals surface area (Å²) in [5, 5.41) is 9.76. The highest BCUT2D eigenvalue weighted by Crippen LogP contribution is 2.23. The van der Waals surface area contributed by atoms with Crippen LogP contribution in [0.1, 0.15) is 39.4 Å². The molecule has 0 radical (unpaired) electrons. The highest BCUT2D eigenvalue weighted by molar-refractivity contribution is 7.17. The number of nitrogens with zero attached hydrogens (tertiary/aromatic N) is 3. The molecule has 0 saturated heterocycles. The van der Waals surface area contributed by atoms with Crippen molar-refractivity contribution in [3.63, 3.8) is 0 Å². The summed E-state index contributed by atoms with van der Waals surface area (Å²) in [6.07, 6.45) is 3.10. The van der Waals surface area contributed by atoms with Crippen molar-refractivity contribution in [1.29, 1.82) is 0 Å². The van der Waals surface area contributed by atoms with E-state index in [0.29, 0.717) is 34.4 Å². The van der Waals surface area contributed by atoms with Gasteiger partial charge in [-0.15, -0.1) is 0 Å². The molecule has 0 bridgehead atoms. The first-order chi connectivity index (χ1) is 13.7. The maximum atomic E-state index is 14.4. The maximum Gasteiger partial charge on any atom is 0.267 e. The number of nitrogens with one attached hydrogen (secondary N) is 2. The third-order valence-corrected chi connectivity index (χ3v) is 4.81. The Hall–Kier alpha value is -3.27. The molecule has 2 amide bonds. The zero-order chi connectivity index (χ0) is 21.1. The lowest BCUT2D eigenvalue weighted by Gasteiger charge is -2.11. The number of thiazole rings is 1. The Morgan fingerprint density at radius 1 is 1.28 bits per heavy atom. The minimum Gasteiger partial charge on any atom is -0.375 e. The molecular formula is C19H21FN6O2S. The number of nitrogens with two attached hydrogens (primary N) is 1. The van der Waals surface area contributed by atoms with Gasteiger partial charge in [-0.1, -0.05) is 25.2 Å². The Kier molecular flexibility index (Phi) is 5.92. The second kappa shape index (κ2) is 8.39. The lowest BCUT2D eigenvalue weighted by atomic mass is 10.1. The molecule has 2 heterocycles. The van der Waals surface area contributed by atoms with Gasteiger partial charge in [0.2, 0.25) is 0 Å². The molecule has 0 saturated carbocycles. The summed E-state index contributed by atoms with van der Waals surface area (Å²) in [4.78, 5) is 29.0. The van der Waals surface area contributed by atoms with Crippen LogP contribution in [-0.2, 0) is 6.54 Å². The molecule has 0 fully saturated rings. The van der Waals surface area contributed by atoms with Gasteiger partial charge in [0.15, 0.2) is 10.9 Å². The number of aromatic nitrogens is 3. The molecule has 0 aliphatic rings. The molecular weight excluding hydrogens is 395 g/mol. The molecule has 152 valence electrons. The number of hydrogen-bond donors (Lipinski definition) is 3. The van der Waals surface area contributed by atoms with E-state index in [9.17, 15) is 14.0 Å². The quantitative estimate of drug-likeness (QED) is 0.569. The average Bonchev–Trinajstić information content (AvgIpc) is 3.25. The van der Waals surface area contributed by atoms with Gasteiger partial charge in [0, 0.05) is 24.5 Å². The summed E-state index contributed by atoms with van der Waals surface area (Å²) in [6, 6.07) is 4.14. The van der Waals surface area contributed by atoms with Crippen LogP contribution in [0.2, 0.25) is 0 Å². The van der Waals surface area contributed by atoms with E-state index in [1.807, 2.05) is 0 Å². The lowest BCUT2D eigenvalue weighted by molar-refractivity contribution is 0.101. The Morgan fingerprint density at radius 2 is 2.03 bits per heavy atom. The van der Waals surface area contributed by atoms with Gasteiger partial charge in [-0.2, -0.15) is 5.10 Å². The van der Waals surface area contributed by atoms with Crippen LogP contribution in [0.15, 0.2) is 30.6 Å². The predicted octanol–water partition coefficient (Wildman–Crippen LogP) is 3.53. The molecule has 10 heteroatoms. The molecule has 0 aliphatic carbocycles. The molecule has 29 heavy (non-hydrogen) atoms. The Bertz CT molecular complexity index is 1060. The van der Waals surface area contributed by atoms with Crippen molar-refractivity contribution in [1.82, 2.24) is 14.8 Å². The molecule has 0 spiro atoms. The summed E-state index contributed by atoms with van der Waals surface area (Å²) in [7, 11) is 0. The van der Waals surface area contributed by atoms with Gasteiger partial charge in [0.1, 0.15) is 10.7 Å². The standard InChI is InChI=1S/C19H21FN6O2S/c1-10(2)9-26-5-4-16(25-26)24-17(27)12-7-14(11(3)6-13(12)20)23-18(28)15-8-22-19(21)29-15/h4-8,10H,9H2,1-3H3,(H2,21,22)(H,23,28)(H,24,25,27). The molecule has 0 aliphatic heterocycles. The normalized spacial score (nSPS) is 10.9. The van der Waals surface area contributed by atoms with E-state index in [0.717, 1.165) is 11.3 Å². The number of carbonyl (C=O) groups excluding carboxylic acids is 2. The second-order valence-corrected chi connectivity index (χ2v) is 8.00. The van der Waals surface area contributed by atoms with Crippen LogP contribution in [0.4, 0.5) is 21.0 Å². The fraction of sp³-hybridized carbons (Fsp3) is 0.263. The monoisotopic (exact) mass is 416 g/mol. The number of carbonyl (C=O) groups is 2. The molecule has 2 aromatic heterocycles. The third kappa shape index (κ3) is 4.96. The highest BCUT2D eigenvalue weighted by atomic mass is 32.1. The van der Waals surface area contributed by atoms with Crippen molar-refractivity contribution >= 4 is 39.8 Å². The van der Waals surface area contributed by atoms with Crippen LogP contribution in [0, 0.1) is 18.7 Å². The van der Waals surface area contributed by atoms with Crippen LogP contribution >= 0.6 is 11.3 Å². The van der Waals surface area contributed by atoms with Crippen molar-refractivity contribution in [2.75, 3.05) is 16.4 Å². The van der Waals surface area contributed by atoms with Gasteiger partial charge in [-0.25, -0.2) is 9.37 Å². The second-order valence-electron chi connectivity index (χ2n) is 6.93. The zero-order valence-corrected chi connectivity index (χ0v) is 17.0. The molecule has 1 aromatic carbocycles. The van der Waals surface area contributed by atoms with E-state index in [-0.39, 0.29) is 10.7 Å². The van der Waals surface area contributed by atoms with Gasteiger partial charge in [-0.05, 0) is 30.5 Å². The van der Waals surface area contributed by atoms with E-state index in [1.54, 1.807) is 23.9 Å². The number of benzene rings is 1. The average molecular weight is 416 g/mol. The smallest absolute Gasteiger partial charge is 0.267 e. The van der Waals surface area contributed by atoms with Crippen molar-refractivity contribution < 1.29 is 14.0 Å². The topological polar surface area (TPSA) is 115 Å². The summed E-state index contributed by atoms with van der Waals surface area (Å²) < 4.78 is 16.1. The van der Waals surface area contributed by atoms with Crippen LogP contribution in [0.5, 0.6) is 0 Å². The molecule has 8 nitrogen and oxygen atoms in total. The van der Waals surface area contributed by atoms with Crippen LogP contribution in [-0.4, -0.2) is 26.6 Å². The Balaban J connectivity index is 1.78. The van der Waals surface area contributed by atoms with Crippen LogP contribution < -0.4 is 16.4 Å². The number of halogens is 1. The first kappa shape index (κ1) is 20.5. The van der Waals surface area contributed by atoms with E-state index < -0.39 is 17.6 Å². The number of amides is 2. The summed E-state index contributed by atoms with van der Waals surface area (Å²) in [5.74, 6) is -1.07. The minimum absolute atomic E-state index is 0.201. The highest BCUT2D eigenvalue weighted by Gasteiger charge is 2.18. The molecule has 3 rings (SSSR count). The number of nitrogen functional groups attached to an aromatic ring is 1. The van der Waals surface area contributed by atoms with Crippen molar-refractivity contribution in [3.8, 4) is 0 Å².